The maximum atomic E-state index is 13.1. The summed E-state index contributed by atoms with van der Waals surface area (Å²) in [6, 6.07) is 17.4. The highest BCUT2D eigenvalue weighted by Crippen LogP contribution is 2.25. The van der Waals surface area contributed by atoms with Crippen LogP contribution in [0, 0.1) is 6.92 Å². The van der Waals surface area contributed by atoms with Gasteiger partial charge in [-0.3, -0.25) is 4.79 Å². The van der Waals surface area contributed by atoms with Crippen molar-refractivity contribution in [2.24, 2.45) is 0 Å². The van der Waals surface area contributed by atoms with Gasteiger partial charge < -0.3 is 15.2 Å². The first-order valence-corrected chi connectivity index (χ1v) is 10.4. The lowest BCUT2D eigenvalue weighted by molar-refractivity contribution is 0.162. The monoisotopic (exact) mass is 389 g/mol. The second-order valence-corrected chi connectivity index (χ2v) is 7.88. The number of para-hydroxylation sites is 2. The SMILES string of the molecule is Cc1cccc2cc(CN(C(=O)Nc3ccccc3)C3CCCCC3)c(=O)[nH]c12. The summed E-state index contributed by atoms with van der Waals surface area (Å²) in [4.78, 5) is 30.8. The Labute approximate surface area is 170 Å². The number of aromatic nitrogens is 1. The van der Waals surface area contributed by atoms with Crippen molar-refractivity contribution < 1.29 is 4.79 Å². The van der Waals surface area contributed by atoms with Crippen LogP contribution in [0.1, 0.15) is 43.2 Å². The first-order chi connectivity index (χ1) is 14.1. The fourth-order valence-corrected chi connectivity index (χ4v) is 4.21. The second-order valence-electron chi connectivity index (χ2n) is 7.88. The molecule has 0 unspecified atom stereocenters. The molecule has 1 saturated carbocycles. The van der Waals surface area contributed by atoms with Gasteiger partial charge in [0.05, 0.1) is 12.1 Å². The van der Waals surface area contributed by atoms with Crippen molar-refractivity contribution >= 4 is 22.6 Å². The average molecular weight is 389 g/mol. The normalized spacial score (nSPS) is 14.7. The molecule has 2 amide bonds. The maximum absolute atomic E-state index is 13.1. The molecule has 0 saturated heterocycles. The molecule has 1 fully saturated rings. The van der Waals surface area contributed by atoms with E-state index in [0.717, 1.165) is 47.8 Å². The summed E-state index contributed by atoms with van der Waals surface area (Å²) >= 11 is 0. The molecular formula is C24H27N3O2. The lowest BCUT2D eigenvalue weighted by Crippen LogP contribution is -2.44. The smallest absolute Gasteiger partial charge is 0.321 e. The van der Waals surface area contributed by atoms with Crippen molar-refractivity contribution in [3.05, 3.63) is 76.1 Å². The number of aromatic amines is 1. The third kappa shape index (κ3) is 4.34. The number of carbonyl (C=O) groups excluding carboxylic acids is 1. The van der Waals surface area contributed by atoms with E-state index in [-0.39, 0.29) is 17.6 Å². The molecule has 2 N–H and O–H groups in total. The van der Waals surface area contributed by atoms with Crippen molar-refractivity contribution in [3.63, 3.8) is 0 Å². The van der Waals surface area contributed by atoms with Crippen LogP contribution in [-0.4, -0.2) is 22.0 Å². The number of hydrogen-bond donors (Lipinski definition) is 2. The van der Waals surface area contributed by atoms with Crippen LogP contribution in [0.15, 0.2) is 59.4 Å². The molecule has 0 radical (unpaired) electrons. The van der Waals surface area contributed by atoms with Crippen LogP contribution in [0.4, 0.5) is 10.5 Å². The van der Waals surface area contributed by atoms with E-state index in [1.807, 2.05) is 66.4 Å². The van der Waals surface area contributed by atoms with Gasteiger partial charge in [0, 0.05) is 17.3 Å². The van der Waals surface area contributed by atoms with Crippen LogP contribution in [0.3, 0.4) is 0 Å². The highest BCUT2D eigenvalue weighted by molar-refractivity contribution is 5.89. The molecule has 0 atom stereocenters. The molecular weight excluding hydrogens is 362 g/mol. The number of urea groups is 1. The molecule has 150 valence electrons. The topological polar surface area (TPSA) is 65.2 Å². The summed E-state index contributed by atoms with van der Waals surface area (Å²) < 4.78 is 0. The van der Waals surface area contributed by atoms with E-state index < -0.39 is 0 Å². The molecule has 0 aliphatic heterocycles. The van der Waals surface area contributed by atoms with Gasteiger partial charge in [-0.15, -0.1) is 0 Å². The Hall–Kier alpha value is -3.08. The van der Waals surface area contributed by atoms with E-state index in [2.05, 4.69) is 10.3 Å². The Morgan fingerprint density at radius 1 is 1.07 bits per heavy atom. The Morgan fingerprint density at radius 3 is 2.59 bits per heavy atom. The summed E-state index contributed by atoms with van der Waals surface area (Å²) in [6.07, 6.45) is 5.40. The zero-order valence-corrected chi connectivity index (χ0v) is 16.8. The van der Waals surface area contributed by atoms with Gasteiger partial charge in [-0.05, 0) is 48.9 Å². The largest absolute Gasteiger partial charge is 0.322 e. The number of anilines is 1. The predicted molar refractivity (Wildman–Crippen MR) is 117 cm³/mol. The lowest BCUT2D eigenvalue weighted by Gasteiger charge is -2.34. The fourth-order valence-electron chi connectivity index (χ4n) is 4.21. The quantitative estimate of drug-likeness (QED) is 0.644. The summed E-state index contributed by atoms with van der Waals surface area (Å²) in [7, 11) is 0. The van der Waals surface area contributed by atoms with E-state index in [9.17, 15) is 9.59 Å². The van der Waals surface area contributed by atoms with Crippen molar-refractivity contribution in [1.29, 1.82) is 0 Å². The molecule has 0 spiro atoms. The third-order valence-electron chi connectivity index (χ3n) is 5.81. The van der Waals surface area contributed by atoms with E-state index in [1.54, 1.807) is 0 Å². The zero-order valence-electron chi connectivity index (χ0n) is 16.8. The van der Waals surface area contributed by atoms with Gasteiger partial charge in [0.25, 0.3) is 5.56 Å². The molecule has 29 heavy (non-hydrogen) atoms. The standard InChI is InChI=1S/C24H27N3O2/c1-17-9-8-10-18-15-19(23(28)26-22(17)18)16-27(21-13-6-3-7-14-21)24(29)25-20-11-4-2-5-12-20/h2,4-5,8-12,15,21H,3,6-7,13-14,16H2,1H3,(H,25,29)(H,26,28). The Bertz CT molecular complexity index is 1050. The van der Waals surface area contributed by atoms with Crippen LogP contribution in [0.5, 0.6) is 0 Å². The Kier molecular flexibility index (Phi) is 5.65. The third-order valence-corrected chi connectivity index (χ3v) is 5.81. The number of hydrogen-bond acceptors (Lipinski definition) is 2. The molecule has 1 aliphatic rings. The van der Waals surface area contributed by atoms with Gasteiger partial charge in [-0.25, -0.2) is 4.79 Å². The number of nitrogens with zero attached hydrogens (tertiary/aromatic N) is 1. The fraction of sp³-hybridized carbons (Fsp3) is 0.333. The molecule has 5 nitrogen and oxygen atoms in total. The molecule has 5 heteroatoms. The molecule has 1 aliphatic carbocycles. The van der Waals surface area contributed by atoms with Gasteiger partial charge in [0.1, 0.15) is 0 Å². The Balaban J connectivity index is 1.64. The summed E-state index contributed by atoms with van der Waals surface area (Å²) in [6.45, 7) is 2.29. The van der Waals surface area contributed by atoms with E-state index in [0.29, 0.717) is 12.1 Å². The van der Waals surface area contributed by atoms with Gasteiger partial charge in [0.2, 0.25) is 0 Å². The molecule has 0 bridgehead atoms. The van der Waals surface area contributed by atoms with Crippen molar-refractivity contribution in [1.82, 2.24) is 9.88 Å². The minimum atomic E-state index is -0.146. The van der Waals surface area contributed by atoms with Crippen LogP contribution >= 0.6 is 0 Å². The molecule has 4 rings (SSSR count). The molecule has 1 heterocycles. The zero-order chi connectivity index (χ0) is 20.2. The van der Waals surface area contributed by atoms with Crippen LogP contribution < -0.4 is 10.9 Å². The number of amides is 2. The summed E-state index contributed by atoms with van der Waals surface area (Å²) in [5.41, 5.74) is 3.16. The molecule has 3 aromatic rings. The number of rotatable bonds is 4. The Morgan fingerprint density at radius 2 is 1.83 bits per heavy atom. The van der Waals surface area contributed by atoms with Crippen molar-refractivity contribution in [2.45, 2.75) is 51.6 Å². The maximum Gasteiger partial charge on any atom is 0.322 e. The minimum absolute atomic E-state index is 0.125. The number of fused-ring (bicyclic) bond motifs is 1. The number of aryl methyl sites for hydroxylation is 1. The highest BCUT2D eigenvalue weighted by atomic mass is 16.2. The predicted octanol–water partition coefficient (Wildman–Crippen LogP) is 5.20. The summed E-state index contributed by atoms with van der Waals surface area (Å²) in [5.74, 6) is 0. The average Bonchev–Trinajstić information content (AvgIpc) is 2.74. The van der Waals surface area contributed by atoms with E-state index in [4.69, 9.17) is 0 Å². The second kappa shape index (κ2) is 8.52. The first-order valence-electron chi connectivity index (χ1n) is 10.4. The number of carbonyl (C=O) groups is 1. The lowest BCUT2D eigenvalue weighted by atomic mass is 9.94. The number of benzene rings is 2. The van der Waals surface area contributed by atoms with Crippen molar-refractivity contribution in [3.8, 4) is 0 Å². The first kappa shape index (κ1) is 19.2. The van der Waals surface area contributed by atoms with E-state index in [1.165, 1.54) is 6.42 Å². The number of nitrogens with one attached hydrogen (secondary N) is 2. The molecule has 1 aromatic heterocycles. The van der Waals surface area contributed by atoms with Gasteiger partial charge in [0.15, 0.2) is 0 Å². The highest BCUT2D eigenvalue weighted by Gasteiger charge is 2.26. The van der Waals surface area contributed by atoms with Crippen molar-refractivity contribution in [2.75, 3.05) is 5.32 Å². The summed E-state index contributed by atoms with van der Waals surface area (Å²) in [5, 5.41) is 3.99. The van der Waals surface area contributed by atoms with Gasteiger partial charge in [-0.2, -0.15) is 0 Å². The molecule has 2 aromatic carbocycles. The van der Waals surface area contributed by atoms with Crippen LogP contribution in [0.25, 0.3) is 10.9 Å². The van der Waals surface area contributed by atoms with Crippen LogP contribution in [-0.2, 0) is 6.54 Å². The van der Waals surface area contributed by atoms with Crippen LogP contribution in [0.2, 0.25) is 0 Å². The minimum Gasteiger partial charge on any atom is -0.321 e. The number of H-pyrrole nitrogens is 1. The van der Waals surface area contributed by atoms with Gasteiger partial charge in [-0.1, -0.05) is 55.7 Å². The van der Waals surface area contributed by atoms with E-state index >= 15 is 0 Å². The van der Waals surface area contributed by atoms with Gasteiger partial charge >= 0.3 is 6.03 Å². The number of pyridine rings is 1.